The molecule has 0 spiro atoms. The maximum atomic E-state index is 9.48. The molecule has 1 aliphatic rings. The zero-order chi connectivity index (χ0) is 14.0. The molecule has 20 heavy (non-hydrogen) atoms. The summed E-state index contributed by atoms with van der Waals surface area (Å²) < 4.78 is 5.30. The van der Waals surface area contributed by atoms with Crippen molar-refractivity contribution in [2.75, 3.05) is 0 Å². The smallest absolute Gasteiger partial charge is 0.228 e. The van der Waals surface area contributed by atoms with Crippen molar-refractivity contribution >= 4 is 0 Å². The normalized spacial score (nSPS) is 18.1. The third kappa shape index (κ3) is 2.82. The first-order chi connectivity index (χ1) is 9.65. The number of rotatable bonds is 3. The highest BCUT2D eigenvalue weighted by Crippen LogP contribution is 2.29. The third-order valence-corrected chi connectivity index (χ3v) is 3.93. The summed E-state index contributed by atoms with van der Waals surface area (Å²) in [4.78, 5) is 4.39. The van der Waals surface area contributed by atoms with Crippen molar-refractivity contribution < 1.29 is 9.63 Å². The van der Waals surface area contributed by atoms with E-state index >= 15 is 0 Å². The SMILES string of the molecule is NC1(Cc2nc(-c3cccc(O)c3)no2)CCCCC1. The first-order valence-corrected chi connectivity index (χ1v) is 7.06. The van der Waals surface area contributed by atoms with Crippen LogP contribution in [0.5, 0.6) is 5.75 Å². The maximum absolute atomic E-state index is 9.48. The molecular weight excluding hydrogens is 254 g/mol. The Bertz CT molecular complexity index is 588. The average Bonchev–Trinajstić information content (AvgIpc) is 2.87. The van der Waals surface area contributed by atoms with Gasteiger partial charge in [0, 0.05) is 17.5 Å². The van der Waals surface area contributed by atoms with Crippen molar-refractivity contribution in [1.82, 2.24) is 10.1 Å². The van der Waals surface area contributed by atoms with E-state index in [1.54, 1.807) is 18.2 Å². The van der Waals surface area contributed by atoms with E-state index in [-0.39, 0.29) is 11.3 Å². The Morgan fingerprint density at radius 1 is 1.25 bits per heavy atom. The van der Waals surface area contributed by atoms with Crippen LogP contribution in [0, 0.1) is 0 Å². The molecule has 2 aromatic rings. The molecule has 0 aliphatic heterocycles. The lowest BCUT2D eigenvalue weighted by molar-refractivity contribution is 0.261. The molecule has 5 nitrogen and oxygen atoms in total. The van der Waals surface area contributed by atoms with Crippen molar-refractivity contribution in [2.24, 2.45) is 5.73 Å². The van der Waals surface area contributed by atoms with Gasteiger partial charge < -0.3 is 15.4 Å². The van der Waals surface area contributed by atoms with E-state index in [1.165, 1.54) is 19.3 Å². The molecule has 1 aromatic carbocycles. The number of nitrogens with two attached hydrogens (primary N) is 1. The first kappa shape index (κ1) is 13.1. The van der Waals surface area contributed by atoms with E-state index in [4.69, 9.17) is 10.3 Å². The van der Waals surface area contributed by atoms with Crippen LogP contribution in [0.2, 0.25) is 0 Å². The highest BCUT2D eigenvalue weighted by Gasteiger charge is 2.30. The van der Waals surface area contributed by atoms with Crippen LogP contribution in [-0.4, -0.2) is 20.8 Å². The van der Waals surface area contributed by atoms with E-state index in [0.717, 1.165) is 18.4 Å². The molecule has 1 heterocycles. The number of phenols is 1. The number of benzene rings is 1. The monoisotopic (exact) mass is 273 g/mol. The Morgan fingerprint density at radius 3 is 2.80 bits per heavy atom. The second-order valence-electron chi connectivity index (χ2n) is 5.66. The van der Waals surface area contributed by atoms with Crippen LogP contribution in [0.25, 0.3) is 11.4 Å². The lowest BCUT2D eigenvalue weighted by Gasteiger charge is -2.31. The van der Waals surface area contributed by atoms with E-state index in [1.807, 2.05) is 6.07 Å². The van der Waals surface area contributed by atoms with E-state index in [9.17, 15) is 5.11 Å². The fraction of sp³-hybridized carbons (Fsp3) is 0.467. The van der Waals surface area contributed by atoms with Crippen LogP contribution in [-0.2, 0) is 6.42 Å². The summed E-state index contributed by atoms with van der Waals surface area (Å²) in [6.07, 6.45) is 6.25. The van der Waals surface area contributed by atoms with Gasteiger partial charge >= 0.3 is 0 Å². The predicted octanol–water partition coefficient (Wildman–Crippen LogP) is 2.65. The van der Waals surface area contributed by atoms with Crippen LogP contribution < -0.4 is 5.73 Å². The molecule has 3 rings (SSSR count). The summed E-state index contributed by atoms with van der Waals surface area (Å²) in [6, 6.07) is 6.83. The summed E-state index contributed by atoms with van der Waals surface area (Å²) in [5.41, 5.74) is 6.93. The second kappa shape index (κ2) is 5.25. The fourth-order valence-corrected chi connectivity index (χ4v) is 2.82. The molecule has 106 valence electrons. The number of aromatic hydroxyl groups is 1. The summed E-state index contributed by atoms with van der Waals surface area (Å²) >= 11 is 0. The quantitative estimate of drug-likeness (QED) is 0.898. The van der Waals surface area contributed by atoms with Crippen molar-refractivity contribution in [2.45, 2.75) is 44.1 Å². The molecule has 0 amide bonds. The highest BCUT2D eigenvalue weighted by molar-refractivity contribution is 5.56. The number of nitrogens with zero attached hydrogens (tertiary/aromatic N) is 2. The molecule has 0 bridgehead atoms. The van der Waals surface area contributed by atoms with Crippen LogP contribution >= 0.6 is 0 Å². The molecule has 1 aliphatic carbocycles. The van der Waals surface area contributed by atoms with Gasteiger partial charge in [-0.3, -0.25) is 0 Å². The van der Waals surface area contributed by atoms with Crippen molar-refractivity contribution in [3.05, 3.63) is 30.2 Å². The Hall–Kier alpha value is -1.88. The van der Waals surface area contributed by atoms with E-state index in [2.05, 4.69) is 10.1 Å². The number of hydrogen-bond acceptors (Lipinski definition) is 5. The minimum absolute atomic E-state index is 0.191. The fourth-order valence-electron chi connectivity index (χ4n) is 2.82. The summed E-state index contributed by atoms with van der Waals surface area (Å²) in [7, 11) is 0. The van der Waals surface area contributed by atoms with Crippen LogP contribution in [0.1, 0.15) is 38.0 Å². The Labute approximate surface area is 117 Å². The van der Waals surface area contributed by atoms with Gasteiger partial charge in [-0.25, -0.2) is 0 Å². The Balaban J connectivity index is 1.77. The van der Waals surface area contributed by atoms with Gasteiger partial charge in [0.1, 0.15) is 5.75 Å². The van der Waals surface area contributed by atoms with Crippen LogP contribution in [0.3, 0.4) is 0 Å². The number of phenolic OH excluding ortho intramolecular Hbond substituents is 1. The third-order valence-electron chi connectivity index (χ3n) is 3.93. The Kier molecular flexibility index (Phi) is 3.44. The zero-order valence-electron chi connectivity index (χ0n) is 11.4. The van der Waals surface area contributed by atoms with Crippen molar-refractivity contribution in [1.29, 1.82) is 0 Å². The van der Waals surface area contributed by atoms with E-state index < -0.39 is 0 Å². The first-order valence-electron chi connectivity index (χ1n) is 7.06. The predicted molar refractivity (Wildman–Crippen MR) is 75.1 cm³/mol. The van der Waals surface area contributed by atoms with Gasteiger partial charge in [0.15, 0.2) is 0 Å². The lowest BCUT2D eigenvalue weighted by atomic mass is 9.80. The van der Waals surface area contributed by atoms with Gasteiger partial charge in [-0.2, -0.15) is 4.98 Å². The van der Waals surface area contributed by atoms with Crippen molar-refractivity contribution in [3.63, 3.8) is 0 Å². The molecule has 0 unspecified atom stereocenters. The van der Waals surface area contributed by atoms with Gasteiger partial charge in [0.25, 0.3) is 0 Å². The van der Waals surface area contributed by atoms with Gasteiger partial charge in [0.05, 0.1) is 0 Å². The summed E-state index contributed by atoms with van der Waals surface area (Å²) in [5.74, 6) is 1.26. The minimum Gasteiger partial charge on any atom is -0.508 e. The van der Waals surface area contributed by atoms with Crippen molar-refractivity contribution in [3.8, 4) is 17.1 Å². The molecule has 1 aromatic heterocycles. The van der Waals surface area contributed by atoms with Crippen LogP contribution in [0.15, 0.2) is 28.8 Å². The van der Waals surface area contributed by atoms with Gasteiger partial charge in [0.2, 0.25) is 11.7 Å². The summed E-state index contributed by atoms with van der Waals surface area (Å²) in [6.45, 7) is 0. The minimum atomic E-state index is -0.207. The maximum Gasteiger partial charge on any atom is 0.228 e. The molecule has 3 N–H and O–H groups in total. The molecule has 1 saturated carbocycles. The second-order valence-corrected chi connectivity index (χ2v) is 5.66. The van der Waals surface area contributed by atoms with Gasteiger partial charge in [-0.15, -0.1) is 0 Å². The van der Waals surface area contributed by atoms with Crippen LogP contribution in [0.4, 0.5) is 0 Å². The molecule has 0 atom stereocenters. The zero-order valence-corrected chi connectivity index (χ0v) is 11.4. The summed E-state index contributed by atoms with van der Waals surface area (Å²) in [5, 5.41) is 13.4. The highest BCUT2D eigenvalue weighted by atomic mass is 16.5. The number of hydrogen-bond donors (Lipinski definition) is 2. The topological polar surface area (TPSA) is 85.2 Å². The Morgan fingerprint density at radius 2 is 2.05 bits per heavy atom. The molecule has 0 radical (unpaired) electrons. The standard InChI is InChI=1S/C15H19N3O2/c16-15(7-2-1-3-8-15)10-13-17-14(18-20-13)11-5-4-6-12(19)9-11/h4-6,9,19H,1-3,7-8,10,16H2. The molecule has 0 saturated heterocycles. The molecule has 1 fully saturated rings. The molecule has 5 heteroatoms. The van der Waals surface area contributed by atoms with E-state index in [0.29, 0.717) is 18.1 Å². The largest absolute Gasteiger partial charge is 0.508 e. The van der Waals surface area contributed by atoms with Gasteiger partial charge in [-0.1, -0.05) is 36.6 Å². The van der Waals surface area contributed by atoms with Gasteiger partial charge in [-0.05, 0) is 25.0 Å². The number of aromatic nitrogens is 2. The molecular formula is C15H19N3O2. The lowest BCUT2D eigenvalue weighted by Crippen LogP contribution is -2.43. The average molecular weight is 273 g/mol.